The largest absolute Gasteiger partial charge is 0.454 e. The number of ketones is 1. The zero-order valence-corrected chi connectivity index (χ0v) is 20.5. The number of nitrogens with one attached hydrogen (secondary N) is 2. The zero-order chi connectivity index (χ0) is 25.6. The Kier molecular flexibility index (Phi) is 4.57. The van der Waals surface area contributed by atoms with Gasteiger partial charge in [-0.05, 0) is 54.5 Å². The van der Waals surface area contributed by atoms with Crippen LogP contribution >= 0.6 is 0 Å². The van der Waals surface area contributed by atoms with Crippen molar-refractivity contribution in [2.75, 3.05) is 12.0 Å². The van der Waals surface area contributed by atoms with Gasteiger partial charge in [0.2, 0.25) is 11.3 Å². The molecule has 1 saturated carbocycles. The van der Waals surface area contributed by atoms with E-state index in [1.54, 1.807) is 24.3 Å². The van der Waals surface area contributed by atoms with Crippen molar-refractivity contribution < 1.29 is 27.9 Å². The second kappa shape index (κ2) is 7.21. The molecule has 5 N–H and O–H groups in total. The summed E-state index contributed by atoms with van der Waals surface area (Å²) in [6.07, 6.45) is 3.32. The predicted octanol–water partition coefficient (Wildman–Crippen LogP) is 2.57. The number of hydrogen-bond donors (Lipinski definition) is 4. The van der Waals surface area contributed by atoms with Crippen LogP contribution in [-0.4, -0.2) is 36.5 Å². The number of nitrogens with two attached hydrogens (primary N) is 1. The minimum absolute atomic E-state index is 0.0738. The van der Waals surface area contributed by atoms with Crippen molar-refractivity contribution in [1.82, 2.24) is 10.3 Å². The van der Waals surface area contributed by atoms with Crippen molar-refractivity contribution in [2.24, 2.45) is 5.92 Å². The standard InChI is InChI=1S/C26H25N3O6S/c1-13(14-6-7-14)15-8-9-16-20(12-15)35-26(32)17-4-3-5-18(27)22(17)23(30)25(16,26)29-24(31)19-10-11-21(28-19)36(2,33)34/h3-5,8-14,28,32H,6-7,27H2,1-2H3,(H,29,31)/t13-,25-,26-/m0/s1. The van der Waals surface area contributed by atoms with E-state index < -0.39 is 32.9 Å². The first-order chi connectivity index (χ1) is 17.0. The highest BCUT2D eigenvalue weighted by Gasteiger charge is 2.72. The second-order valence-electron chi connectivity index (χ2n) is 9.94. The molecule has 3 aliphatic rings. The smallest absolute Gasteiger partial charge is 0.271 e. The Morgan fingerprint density at radius 1 is 1.19 bits per heavy atom. The first-order valence-corrected chi connectivity index (χ1v) is 13.6. The van der Waals surface area contributed by atoms with Crippen LogP contribution in [0.5, 0.6) is 5.75 Å². The molecule has 6 rings (SSSR count). The molecule has 9 nitrogen and oxygen atoms in total. The monoisotopic (exact) mass is 507 g/mol. The first-order valence-electron chi connectivity index (χ1n) is 11.7. The quantitative estimate of drug-likeness (QED) is 0.387. The van der Waals surface area contributed by atoms with E-state index in [4.69, 9.17) is 10.5 Å². The van der Waals surface area contributed by atoms with Gasteiger partial charge in [0.15, 0.2) is 9.84 Å². The van der Waals surface area contributed by atoms with Crippen LogP contribution in [0.1, 0.15) is 63.2 Å². The van der Waals surface area contributed by atoms with Gasteiger partial charge < -0.3 is 25.9 Å². The molecule has 1 aromatic heterocycles. The van der Waals surface area contributed by atoms with Crippen LogP contribution in [-0.2, 0) is 21.2 Å². The lowest BCUT2D eigenvalue weighted by Crippen LogP contribution is -2.60. The maximum atomic E-state index is 14.0. The number of amides is 1. The maximum absolute atomic E-state index is 14.0. The fourth-order valence-corrected chi connectivity index (χ4v) is 6.11. The number of nitrogen functional groups attached to an aromatic ring is 1. The van der Waals surface area contributed by atoms with Crippen molar-refractivity contribution in [3.8, 4) is 5.75 Å². The van der Waals surface area contributed by atoms with E-state index in [1.165, 1.54) is 12.1 Å². The summed E-state index contributed by atoms with van der Waals surface area (Å²) in [5.74, 6) is -2.47. The highest BCUT2D eigenvalue weighted by molar-refractivity contribution is 7.90. The van der Waals surface area contributed by atoms with E-state index in [9.17, 15) is 23.1 Å². The molecule has 10 heteroatoms. The molecule has 3 aromatic rings. The van der Waals surface area contributed by atoms with E-state index in [0.29, 0.717) is 17.2 Å². The van der Waals surface area contributed by atoms with Crippen molar-refractivity contribution >= 4 is 27.2 Å². The fraction of sp³-hybridized carbons (Fsp3) is 0.308. The Morgan fingerprint density at radius 2 is 1.94 bits per heavy atom. The summed E-state index contributed by atoms with van der Waals surface area (Å²) < 4.78 is 29.9. The zero-order valence-electron chi connectivity index (χ0n) is 19.7. The van der Waals surface area contributed by atoms with E-state index in [2.05, 4.69) is 17.2 Å². The molecular weight excluding hydrogens is 482 g/mol. The van der Waals surface area contributed by atoms with Gasteiger partial charge in [-0.3, -0.25) is 9.59 Å². The second-order valence-corrected chi connectivity index (χ2v) is 11.9. The fourth-order valence-electron chi connectivity index (χ4n) is 5.50. The van der Waals surface area contributed by atoms with Gasteiger partial charge >= 0.3 is 0 Å². The number of hydrogen-bond acceptors (Lipinski definition) is 7. The maximum Gasteiger partial charge on any atom is 0.271 e. The SMILES string of the molecule is C[C@H](c1ccc2c(c1)O[C@@]1(O)c3cccc(N)c3C(=O)[C@@]21NC(=O)c1ccc(S(C)(=O)=O)[nH]1)C1CC1. The third kappa shape index (κ3) is 2.94. The molecule has 36 heavy (non-hydrogen) atoms. The van der Waals surface area contributed by atoms with Gasteiger partial charge in [0.05, 0.1) is 5.56 Å². The molecule has 2 aliphatic carbocycles. The van der Waals surface area contributed by atoms with Gasteiger partial charge in [-0.2, -0.15) is 0 Å². The van der Waals surface area contributed by atoms with Gasteiger partial charge in [0.1, 0.15) is 16.5 Å². The lowest BCUT2D eigenvalue weighted by Gasteiger charge is -2.34. The number of aromatic nitrogens is 1. The Hall–Kier alpha value is -3.63. The van der Waals surface area contributed by atoms with Crippen LogP contribution in [0.15, 0.2) is 53.6 Å². The number of sulfone groups is 1. The molecule has 0 radical (unpaired) electrons. The molecule has 0 saturated heterocycles. The Balaban J connectivity index is 1.50. The lowest BCUT2D eigenvalue weighted by molar-refractivity contribution is -0.169. The lowest BCUT2D eigenvalue weighted by atomic mass is 9.81. The predicted molar refractivity (Wildman–Crippen MR) is 130 cm³/mol. The topological polar surface area (TPSA) is 152 Å². The summed E-state index contributed by atoms with van der Waals surface area (Å²) >= 11 is 0. The number of fused-ring (bicyclic) bond motifs is 5. The van der Waals surface area contributed by atoms with E-state index in [0.717, 1.165) is 24.7 Å². The number of anilines is 1. The van der Waals surface area contributed by atoms with Crippen molar-refractivity contribution in [2.45, 2.75) is 42.0 Å². The summed E-state index contributed by atoms with van der Waals surface area (Å²) in [7, 11) is -3.59. The summed E-state index contributed by atoms with van der Waals surface area (Å²) in [6, 6.07) is 12.7. The van der Waals surface area contributed by atoms with Crippen LogP contribution in [0.2, 0.25) is 0 Å². The first kappa shape index (κ1) is 22.8. The van der Waals surface area contributed by atoms with Gasteiger partial charge in [0, 0.05) is 23.1 Å². The number of aromatic amines is 1. The number of benzene rings is 2. The normalized spacial score (nSPS) is 25.0. The summed E-state index contributed by atoms with van der Waals surface area (Å²) in [5, 5.41) is 14.6. The molecule has 1 aliphatic heterocycles. The molecule has 1 amide bonds. The van der Waals surface area contributed by atoms with E-state index >= 15 is 0 Å². The number of H-pyrrole nitrogens is 1. The summed E-state index contributed by atoms with van der Waals surface area (Å²) in [4.78, 5) is 30.0. The summed E-state index contributed by atoms with van der Waals surface area (Å²) in [6.45, 7) is 2.13. The van der Waals surface area contributed by atoms with Crippen molar-refractivity contribution in [3.63, 3.8) is 0 Å². The van der Waals surface area contributed by atoms with Gasteiger partial charge in [-0.25, -0.2) is 8.42 Å². The Morgan fingerprint density at radius 3 is 2.61 bits per heavy atom. The average molecular weight is 508 g/mol. The minimum atomic E-state index is -3.59. The molecule has 0 unspecified atom stereocenters. The van der Waals surface area contributed by atoms with Crippen LogP contribution in [0.3, 0.4) is 0 Å². The van der Waals surface area contributed by atoms with Crippen molar-refractivity contribution in [1.29, 1.82) is 0 Å². The minimum Gasteiger partial charge on any atom is -0.454 e. The molecule has 2 aromatic carbocycles. The Labute approximate surface area is 207 Å². The number of rotatable bonds is 5. The highest BCUT2D eigenvalue weighted by atomic mass is 32.2. The van der Waals surface area contributed by atoms with Gasteiger partial charge in [-0.15, -0.1) is 0 Å². The Bertz CT molecular complexity index is 1570. The third-order valence-electron chi connectivity index (χ3n) is 7.66. The number of carbonyl (C=O) groups excluding carboxylic acids is 2. The average Bonchev–Trinajstić information content (AvgIpc) is 3.43. The van der Waals surface area contributed by atoms with Crippen LogP contribution in [0, 0.1) is 5.92 Å². The molecule has 0 spiro atoms. The van der Waals surface area contributed by atoms with Crippen LogP contribution in [0.25, 0.3) is 0 Å². The molecular formula is C26H25N3O6S. The van der Waals surface area contributed by atoms with Gasteiger partial charge in [0.25, 0.3) is 11.7 Å². The van der Waals surface area contributed by atoms with E-state index in [1.807, 2.05) is 12.1 Å². The number of ether oxygens (including phenoxy) is 1. The number of Topliss-reactive ketones (excluding diaryl/α,β-unsaturated/α-hetero) is 1. The molecule has 1 fully saturated rings. The van der Waals surface area contributed by atoms with Gasteiger partial charge in [-0.1, -0.05) is 31.2 Å². The summed E-state index contributed by atoms with van der Waals surface area (Å²) in [5.41, 5.74) is 5.73. The molecule has 3 atom stereocenters. The van der Waals surface area contributed by atoms with Crippen LogP contribution in [0.4, 0.5) is 5.69 Å². The molecule has 2 heterocycles. The number of carbonyl (C=O) groups is 2. The number of aliphatic hydroxyl groups is 1. The molecule has 186 valence electrons. The van der Waals surface area contributed by atoms with Crippen molar-refractivity contribution in [3.05, 3.63) is 76.5 Å². The van der Waals surface area contributed by atoms with Crippen LogP contribution < -0.4 is 15.8 Å². The highest BCUT2D eigenvalue weighted by Crippen LogP contribution is 2.59. The molecule has 0 bridgehead atoms. The third-order valence-corrected chi connectivity index (χ3v) is 8.70. The van der Waals surface area contributed by atoms with E-state index in [-0.39, 0.29) is 33.5 Å².